The van der Waals surface area contributed by atoms with Gasteiger partial charge in [0.15, 0.2) is 0 Å². The third kappa shape index (κ3) is 14.1. The average Bonchev–Trinajstić information content (AvgIpc) is 3.86. The highest BCUT2D eigenvalue weighted by Crippen LogP contribution is 2.28. The van der Waals surface area contributed by atoms with Crippen LogP contribution in [0.15, 0.2) is 24.7 Å². The third-order valence-corrected chi connectivity index (χ3v) is 10.6. The molecule has 1 saturated heterocycles. The standard InChI is InChI=1S/C33H44I2N10O10S/c34-18-8-16(9-19(35)28(18)50)3-4-26(48)39-6-5-27(49)45-7-1-2-24(45)33(55)42-21(10-17-12-38-15-40-17)30(52)43-22(13-46)31(53)44-23(14-56)32(54)41-20(29(37)51)11-25(36)47/h8-9,12,15,20-24,46,50,56H,1-7,10-11,13-14H2,(H2,36,47)(H2,37,51)(H,38,40)(H,39,48)(H,41,54)(H,42,55)(H,43,52)(H,44,53)/t20-,21-,22-,23-,24-/m0/s1. The Kier molecular flexibility index (Phi) is 18.5. The van der Waals surface area contributed by atoms with Crippen LogP contribution in [0, 0.1) is 7.14 Å². The summed E-state index contributed by atoms with van der Waals surface area (Å²) in [6.07, 6.45) is 3.39. The number of benzene rings is 1. The van der Waals surface area contributed by atoms with E-state index in [1.165, 1.54) is 17.4 Å². The number of amides is 8. The Morgan fingerprint density at radius 2 is 1.55 bits per heavy atom. The summed E-state index contributed by atoms with van der Waals surface area (Å²) < 4.78 is 1.35. The number of aryl methyl sites for hydroxylation is 1. The van der Waals surface area contributed by atoms with E-state index >= 15 is 0 Å². The lowest BCUT2D eigenvalue weighted by molar-refractivity contribution is -0.140. The molecule has 1 aromatic carbocycles. The first-order valence-corrected chi connectivity index (χ1v) is 20.0. The number of carbonyl (C=O) groups excluding carboxylic acids is 8. The maximum atomic E-state index is 13.6. The van der Waals surface area contributed by atoms with Crippen molar-refractivity contribution < 1.29 is 48.6 Å². The molecule has 0 radical (unpaired) electrons. The first-order chi connectivity index (χ1) is 26.5. The molecule has 2 aromatic rings. The molecule has 0 bridgehead atoms. The highest BCUT2D eigenvalue weighted by atomic mass is 127. The molecule has 306 valence electrons. The zero-order valence-corrected chi connectivity index (χ0v) is 35.1. The number of imidazole rings is 1. The second-order valence-corrected chi connectivity index (χ2v) is 15.4. The normalized spacial score (nSPS) is 15.8. The van der Waals surface area contributed by atoms with Crippen LogP contribution in [0.3, 0.4) is 0 Å². The number of halogens is 2. The number of phenols is 1. The Morgan fingerprint density at radius 1 is 0.929 bits per heavy atom. The molecular weight excluding hydrogens is 982 g/mol. The molecule has 0 saturated carbocycles. The van der Waals surface area contributed by atoms with E-state index < -0.39 is 78.7 Å². The van der Waals surface area contributed by atoms with Gasteiger partial charge in [0.1, 0.15) is 36.0 Å². The first kappa shape index (κ1) is 46.1. The van der Waals surface area contributed by atoms with Crippen LogP contribution in [-0.2, 0) is 51.2 Å². The van der Waals surface area contributed by atoms with Gasteiger partial charge in [-0.05, 0) is 82.1 Å². The summed E-state index contributed by atoms with van der Waals surface area (Å²) in [6.45, 7) is -0.612. The number of nitrogens with two attached hydrogens (primary N) is 2. The number of nitrogens with zero attached hydrogens (tertiary/aromatic N) is 2. The Balaban J connectivity index is 1.59. The number of aromatic hydroxyl groups is 1. The molecule has 2 heterocycles. The molecule has 0 unspecified atom stereocenters. The van der Waals surface area contributed by atoms with Gasteiger partial charge in [-0.2, -0.15) is 12.6 Å². The summed E-state index contributed by atoms with van der Waals surface area (Å²) in [7, 11) is 0. The van der Waals surface area contributed by atoms with Crippen molar-refractivity contribution in [2.45, 2.75) is 75.2 Å². The number of likely N-dealkylation sites (tertiary alicyclic amines) is 1. The fourth-order valence-electron chi connectivity index (χ4n) is 5.62. The molecule has 20 nitrogen and oxygen atoms in total. The van der Waals surface area contributed by atoms with Crippen molar-refractivity contribution in [3.8, 4) is 5.75 Å². The number of primary amides is 2. The molecular formula is C33H44I2N10O10S. The van der Waals surface area contributed by atoms with Crippen molar-refractivity contribution in [3.05, 3.63) is 43.1 Å². The average molecular weight is 1030 g/mol. The number of phenolic OH excluding ortho intramolecular Hbond substituents is 1. The molecule has 1 aliphatic rings. The van der Waals surface area contributed by atoms with Gasteiger partial charge >= 0.3 is 0 Å². The number of hydrogen-bond acceptors (Lipinski definition) is 12. The van der Waals surface area contributed by atoms with Crippen LogP contribution in [-0.4, -0.2) is 128 Å². The minimum absolute atomic E-state index is 0.0391. The van der Waals surface area contributed by atoms with E-state index in [9.17, 15) is 48.6 Å². The van der Waals surface area contributed by atoms with E-state index in [0.29, 0.717) is 32.1 Å². The second-order valence-electron chi connectivity index (χ2n) is 12.7. The number of hydrogen-bond donors (Lipinski definition) is 11. The number of nitrogens with one attached hydrogen (secondary N) is 6. The summed E-state index contributed by atoms with van der Waals surface area (Å²) in [4.78, 5) is 110. The Bertz CT molecular complexity index is 1750. The fraction of sp³-hybridized carbons (Fsp3) is 0.485. The Labute approximate surface area is 353 Å². The smallest absolute Gasteiger partial charge is 0.245 e. The van der Waals surface area contributed by atoms with Gasteiger partial charge in [-0.15, -0.1) is 0 Å². The second kappa shape index (κ2) is 22.5. The minimum Gasteiger partial charge on any atom is -0.506 e. The monoisotopic (exact) mass is 1030 g/mol. The molecule has 56 heavy (non-hydrogen) atoms. The number of aromatic nitrogens is 2. The van der Waals surface area contributed by atoms with Gasteiger partial charge in [0, 0.05) is 50.0 Å². The predicted octanol–water partition coefficient (Wildman–Crippen LogP) is -2.78. The van der Waals surface area contributed by atoms with Crippen molar-refractivity contribution in [1.29, 1.82) is 0 Å². The van der Waals surface area contributed by atoms with Crippen LogP contribution < -0.4 is 38.1 Å². The van der Waals surface area contributed by atoms with Crippen LogP contribution in [0.5, 0.6) is 5.75 Å². The van der Waals surface area contributed by atoms with Crippen LogP contribution in [0.4, 0.5) is 0 Å². The number of aliphatic hydroxyl groups excluding tert-OH is 1. The number of H-pyrrole nitrogens is 1. The van der Waals surface area contributed by atoms with Crippen LogP contribution in [0.2, 0.25) is 0 Å². The number of carbonyl (C=O) groups is 8. The summed E-state index contributed by atoms with van der Waals surface area (Å²) >= 11 is 8.07. The number of rotatable bonds is 21. The van der Waals surface area contributed by atoms with E-state index in [1.54, 1.807) is 12.1 Å². The first-order valence-electron chi connectivity index (χ1n) is 17.3. The maximum Gasteiger partial charge on any atom is 0.245 e. The largest absolute Gasteiger partial charge is 0.506 e. The molecule has 1 fully saturated rings. The minimum atomic E-state index is -1.62. The summed E-state index contributed by atoms with van der Waals surface area (Å²) in [5, 5.41) is 32.2. The van der Waals surface area contributed by atoms with E-state index in [2.05, 4.69) is 49.2 Å². The van der Waals surface area contributed by atoms with Gasteiger partial charge < -0.3 is 58.1 Å². The van der Waals surface area contributed by atoms with Crippen molar-refractivity contribution in [1.82, 2.24) is 41.5 Å². The van der Waals surface area contributed by atoms with E-state index in [1.807, 2.05) is 45.2 Å². The lowest BCUT2D eigenvalue weighted by Gasteiger charge is -2.27. The van der Waals surface area contributed by atoms with Gasteiger partial charge in [-0.1, -0.05) is 0 Å². The van der Waals surface area contributed by atoms with Crippen molar-refractivity contribution >= 4 is 105 Å². The lowest BCUT2D eigenvalue weighted by Crippen LogP contribution is -2.60. The molecule has 1 aromatic heterocycles. The molecule has 8 amide bonds. The summed E-state index contributed by atoms with van der Waals surface area (Å²) in [5.74, 6) is -6.22. The SMILES string of the molecule is NC(=O)C[C@H](NC(=O)[C@H](CS)NC(=O)[C@H](CO)NC(=O)[C@H](Cc1cnc[nH]1)NC(=O)[C@@H]1CCCN1C(=O)CCNC(=O)CCc1cc(I)c(O)c(I)c1)C(N)=O. The number of aliphatic hydroxyl groups is 1. The van der Waals surface area contributed by atoms with E-state index in [4.69, 9.17) is 11.5 Å². The van der Waals surface area contributed by atoms with Crippen molar-refractivity contribution in [2.24, 2.45) is 11.5 Å². The molecule has 23 heteroatoms. The van der Waals surface area contributed by atoms with Crippen molar-refractivity contribution in [3.63, 3.8) is 0 Å². The van der Waals surface area contributed by atoms with E-state index in [-0.39, 0.29) is 55.7 Å². The highest BCUT2D eigenvalue weighted by Gasteiger charge is 2.37. The maximum absolute atomic E-state index is 13.6. The zero-order valence-electron chi connectivity index (χ0n) is 29.9. The Morgan fingerprint density at radius 3 is 2.14 bits per heavy atom. The highest BCUT2D eigenvalue weighted by molar-refractivity contribution is 14.1. The number of aromatic amines is 1. The molecule has 0 spiro atoms. The van der Waals surface area contributed by atoms with Crippen LogP contribution in [0.25, 0.3) is 0 Å². The van der Waals surface area contributed by atoms with Gasteiger partial charge in [0.05, 0.1) is 26.5 Å². The molecule has 12 N–H and O–H groups in total. The Hall–Kier alpha value is -4.24. The van der Waals surface area contributed by atoms with Gasteiger partial charge in [-0.3, -0.25) is 38.4 Å². The molecule has 1 aliphatic heterocycles. The zero-order chi connectivity index (χ0) is 41.5. The number of thiol groups is 1. The predicted molar refractivity (Wildman–Crippen MR) is 218 cm³/mol. The van der Waals surface area contributed by atoms with Crippen molar-refractivity contribution in [2.75, 3.05) is 25.4 Å². The molecule has 3 rings (SSSR count). The fourth-order valence-corrected chi connectivity index (χ4v) is 7.78. The molecule has 5 atom stereocenters. The third-order valence-electron chi connectivity index (χ3n) is 8.56. The summed E-state index contributed by atoms with van der Waals surface area (Å²) in [5.41, 5.74) is 11.6. The topological polar surface area (TPSA) is 321 Å². The summed E-state index contributed by atoms with van der Waals surface area (Å²) in [6, 6.07) is -3.15. The quantitative estimate of drug-likeness (QED) is 0.0449. The molecule has 0 aliphatic carbocycles. The van der Waals surface area contributed by atoms with E-state index in [0.717, 1.165) is 5.56 Å². The van der Waals surface area contributed by atoms with Crippen LogP contribution >= 0.6 is 57.8 Å². The van der Waals surface area contributed by atoms with Gasteiger partial charge in [0.2, 0.25) is 47.3 Å². The van der Waals surface area contributed by atoms with Gasteiger partial charge in [0.25, 0.3) is 0 Å². The lowest BCUT2D eigenvalue weighted by atomic mass is 10.1. The van der Waals surface area contributed by atoms with Gasteiger partial charge in [-0.25, -0.2) is 4.98 Å². The van der Waals surface area contributed by atoms with Crippen LogP contribution in [0.1, 0.15) is 43.4 Å².